The number of hydrogen-bond acceptors (Lipinski definition) is 4. The first-order chi connectivity index (χ1) is 11.1. The van der Waals surface area contributed by atoms with Crippen molar-refractivity contribution in [2.45, 2.75) is 6.42 Å². The summed E-state index contributed by atoms with van der Waals surface area (Å²) in [5, 5.41) is 11.2. The third kappa shape index (κ3) is 3.73. The first-order valence-corrected chi connectivity index (χ1v) is 7.21. The molecule has 116 valence electrons. The zero-order chi connectivity index (χ0) is 16.2. The van der Waals surface area contributed by atoms with Crippen molar-refractivity contribution in [3.63, 3.8) is 0 Å². The molecule has 0 fully saturated rings. The van der Waals surface area contributed by atoms with E-state index in [0.29, 0.717) is 10.7 Å². The Bertz CT molecular complexity index is 897. The molecule has 0 aliphatic rings. The normalized spacial score (nSPS) is 10.5. The zero-order valence-corrected chi connectivity index (χ0v) is 12.6. The molecule has 1 aromatic heterocycles. The number of rotatable bonds is 4. The standard InChI is InChI=1S/C16H12ClFN4O/c17-13-7-2-1-4-10(13)8-14-15(23)20-16(22-21-14)19-12-6-3-5-11(18)9-12/h1-7,9H,8H2,(H2,19,20,22,23). The van der Waals surface area contributed by atoms with Crippen molar-refractivity contribution in [1.29, 1.82) is 0 Å². The van der Waals surface area contributed by atoms with Gasteiger partial charge in [-0.15, -0.1) is 10.2 Å². The second kappa shape index (κ2) is 6.58. The molecule has 1 heterocycles. The fraction of sp³-hybridized carbons (Fsp3) is 0.0625. The molecular weight excluding hydrogens is 319 g/mol. The lowest BCUT2D eigenvalue weighted by atomic mass is 10.1. The van der Waals surface area contributed by atoms with Crippen LogP contribution in [0.5, 0.6) is 0 Å². The van der Waals surface area contributed by atoms with Crippen molar-refractivity contribution >= 4 is 23.2 Å². The van der Waals surface area contributed by atoms with Crippen molar-refractivity contribution in [2.75, 3.05) is 5.32 Å². The van der Waals surface area contributed by atoms with Crippen LogP contribution in [0.3, 0.4) is 0 Å². The average Bonchev–Trinajstić information content (AvgIpc) is 2.52. The molecule has 3 rings (SSSR count). The Morgan fingerprint density at radius 2 is 1.96 bits per heavy atom. The van der Waals surface area contributed by atoms with Gasteiger partial charge in [-0.05, 0) is 29.8 Å². The van der Waals surface area contributed by atoms with E-state index in [9.17, 15) is 9.18 Å². The molecule has 0 saturated carbocycles. The van der Waals surface area contributed by atoms with E-state index in [0.717, 1.165) is 5.56 Å². The van der Waals surface area contributed by atoms with Crippen LogP contribution in [-0.2, 0) is 6.42 Å². The maximum Gasteiger partial charge on any atom is 0.274 e. The monoisotopic (exact) mass is 330 g/mol. The summed E-state index contributed by atoms with van der Waals surface area (Å²) < 4.78 is 13.1. The van der Waals surface area contributed by atoms with E-state index in [1.54, 1.807) is 18.2 Å². The van der Waals surface area contributed by atoms with Crippen LogP contribution in [0.25, 0.3) is 0 Å². The highest BCUT2D eigenvalue weighted by Crippen LogP contribution is 2.17. The van der Waals surface area contributed by atoms with Crippen molar-refractivity contribution in [3.8, 4) is 0 Å². The number of nitrogens with zero attached hydrogens (tertiary/aromatic N) is 2. The van der Waals surface area contributed by atoms with Crippen molar-refractivity contribution in [1.82, 2.24) is 15.2 Å². The van der Waals surface area contributed by atoms with E-state index >= 15 is 0 Å². The van der Waals surface area contributed by atoms with Gasteiger partial charge in [0.15, 0.2) is 0 Å². The lowest BCUT2D eigenvalue weighted by Crippen LogP contribution is -2.19. The molecule has 3 aromatic rings. The van der Waals surface area contributed by atoms with E-state index in [2.05, 4.69) is 20.5 Å². The van der Waals surface area contributed by atoms with Crippen LogP contribution in [0.4, 0.5) is 16.0 Å². The smallest absolute Gasteiger partial charge is 0.274 e. The number of H-pyrrole nitrogens is 1. The SMILES string of the molecule is O=c1[nH]c(Nc2cccc(F)c2)nnc1Cc1ccccc1Cl. The van der Waals surface area contributed by atoms with Gasteiger partial charge in [0.25, 0.3) is 5.56 Å². The van der Waals surface area contributed by atoms with E-state index in [4.69, 9.17) is 11.6 Å². The zero-order valence-electron chi connectivity index (χ0n) is 11.9. The number of anilines is 2. The predicted molar refractivity (Wildman–Crippen MR) is 86.6 cm³/mol. The Kier molecular flexibility index (Phi) is 4.34. The van der Waals surface area contributed by atoms with Gasteiger partial charge in [0, 0.05) is 17.1 Å². The van der Waals surface area contributed by atoms with E-state index in [-0.39, 0.29) is 29.4 Å². The molecule has 0 radical (unpaired) electrons. The summed E-state index contributed by atoms with van der Waals surface area (Å²) >= 11 is 6.07. The molecule has 7 heteroatoms. The van der Waals surface area contributed by atoms with Crippen molar-refractivity contribution in [2.24, 2.45) is 0 Å². The van der Waals surface area contributed by atoms with Gasteiger partial charge in [-0.2, -0.15) is 0 Å². The molecule has 0 unspecified atom stereocenters. The van der Waals surface area contributed by atoms with Gasteiger partial charge in [-0.25, -0.2) is 4.39 Å². The van der Waals surface area contributed by atoms with Crippen molar-refractivity contribution < 1.29 is 4.39 Å². The maximum atomic E-state index is 13.1. The predicted octanol–water partition coefficient (Wildman–Crippen LogP) is 3.29. The summed E-state index contributed by atoms with van der Waals surface area (Å²) in [5.74, 6) is -0.246. The Morgan fingerprint density at radius 3 is 2.70 bits per heavy atom. The summed E-state index contributed by atoms with van der Waals surface area (Å²) in [7, 11) is 0. The lowest BCUT2D eigenvalue weighted by molar-refractivity contribution is 0.628. The molecule has 0 atom stereocenters. The highest BCUT2D eigenvalue weighted by molar-refractivity contribution is 6.31. The summed E-state index contributed by atoms with van der Waals surface area (Å²) in [4.78, 5) is 14.7. The summed E-state index contributed by atoms with van der Waals surface area (Å²) in [5.41, 5.74) is 1.13. The minimum Gasteiger partial charge on any atom is -0.324 e. The average molecular weight is 331 g/mol. The molecule has 2 aromatic carbocycles. The molecule has 5 nitrogen and oxygen atoms in total. The van der Waals surface area contributed by atoms with E-state index < -0.39 is 0 Å². The molecule has 0 aliphatic carbocycles. The first-order valence-electron chi connectivity index (χ1n) is 6.84. The summed E-state index contributed by atoms with van der Waals surface area (Å²) in [6.45, 7) is 0. The Labute approximate surface area is 136 Å². The molecule has 0 spiro atoms. The second-order valence-electron chi connectivity index (χ2n) is 4.85. The van der Waals surface area contributed by atoms with Gasteiger partial charge in [0.2, 0.25) is 5.95 Å². The number of aromatic amines is 1. The molecular formula is C16H12ClFN4O. The summed E-state index contributed by atoms with van der Waals surface area (Å²) in [6, 6.07) is 13.0. The Morgan fingerprint density at radius 1 is 1.13 bits per heavy atom. The number of benzene rings is 2. The van der Waals surface area contributed by atoms with E-state index in [1.807, 2.05) is 18.2 Å². The number of nitrogens with one attached hydrogen (secondary N) is 2. The van der Waals surface area contributed by atoms with Gasteiger partial charge >= 0.3 is 0 Å². The lowest BCUT2D eigenvalue weighted by Gasteiger charge is -2.06. The Balaban J connectivity index is 1.81. The third-order valence-corrected chi connectivity index (χ3v) is 3.54. The largest absolute Gasteiger partial charge is 0.324 e. The fourth-order valence-corrected chi connectivity index (χ4v) is 2.26. The highest BCUT2D eigenvalue weighted by Gasteiger charge is 2.08. The molecule has 0 aliphatic heterocycles. The van der Waals surface area contributed by atoms with Gasteiger partial charge in [0.1, 0.15) is 11.5 Å². The second-order valence-corrected chi connectivity index (χ2v) is 5.26. The minimum absolute atomic E-state index is 0.142. The molecule has 0 saturated heterocycles. The topological polar surface area (TPSA) is 70.7 Å². The molecule has 0 amide bonds. The highest BCUT2D eigenvalue weighted by atomic mass is 35.5. The molecule has 2 N–H and O–H groups in total. The third-order valence-electron chi connectivity index (χ3n) is 3.17. The van der Waals surface area contributed by atoms with Gasteiger partial charge in [-0.1, -0.05) is 35.9 Å². The quantitative estimate of drug-likeness (QED) is 0.770. The Hall–Kier alpha value is -2.73. The number of halogens is 2. The first kappa shape index (κ1) is 15.2. The van der Waals surface area contributed by atoms with Crippen LogP contribution in [0, 0.1) is 5.82 Å². The van der Waals surface area contributed by atoms with Gasteiger partial charge in [-0.3, -0.25) is 9.78 Å². The van der Waals surface area contributed by atoms with Crippen molar-refractivity contribution in [3.05, 3.63) is 81.0 Å². The van der Waals surface area contributed by atoms with Crippen LogP contribution in [0.2, 0.25) is 5.02 Å². The summed E-state index contributed by atoms with van der Waals surface area (Å²) in [6.07, 6.45) is 0.280. The number of hydrogen-bond donors (Lipinski definition) is 2. The van der Waals surface area contributed by atoms with Crippen LogP contribution in [0.15, 0.2) is 53.3 Å². The number of aromatic nitrogens is 3. The molecule has 0 bridgehead atoms. The van der Waals surface area contributed by atoms with Gasteiger partial charge in [0.05, 0.1) is 0 Å². The van der Waals surface area contributed by atoms with Crippen LogP contribution < -0.4 is 10.9 Å². The van der Waals surface area contributed by atoms with Crippen LogP contribution >= 0.6 is 11.6 Å². The van der Waals surface area contributed by atoms with Crippen LogP contribution in [0.1, 0.15) is 11.3 Å². The van der Waals surface area contributed by atoms with Crippen LogP contribution in [-0.4, -0.2) is 15.2 Å². The fourth-order valence-electron chi connectivity index (χ4n) is 2.06. The minimum atomic E-state index is -0.388. The van der Waals surface area contributed by atoms with Gasteiger partial charge < -0.3 is 5.32 Å². The van der Waals surface area contributed by atoms with E-state index in [1.165, 1.54) is 12.1 Å². The molecule has 23 heavy (non-hydrogen) atoms. The maximum absolute atomic E-state index is 13.1.